The van der Waals surface area contributed by atoms with Gasteiger partial charge in [-0.25, -0.2) is 0 Å². The summed E-state index contributed by atoms with van der Waals surface area (Å²) in [5.74, 6) is -1.32. The van der Waals surface area contributed by atoms with Crippen LogP contribution in [-0.4, -0.2) is 101 Å². The number of fused-ring (bicyclic) bond motifs is 1. The Kier molecular flexibility index (Phi) is 10.3. The van der Waals surface area contributed by atoms with Crippen LogP contribution in [0.4, 0.5) is 5.69 Å². The van der Waals surface area contributed by atoms with Gasteiger partial charge in [-0.1, -0.05) is 41.4 Å². The maximum atomic E-state index is 14.0. The number of anilines is 1. The third kappa shape index (κ3) is 7.54. The van der Waals surface area contributed by atoms with Crippen LogP contribution in [0.3, 0.4) is 0 Å². The molecule has 0 bridgehead atoms. The summed E-state index contributed by atoms with van der Waals surface area (Å²) in [5.41, 5.74) is 1.58. The molecule has 4 aliphatic rings. The molecular formula is C36H42Cl2N4O5S. The molecule has 0 unspecified atom stereocenters. The van der Waals surface area contributed by atoms with Gasteiger partial charge >= 0.3 is 5.97 Å². The van der Waals surface area contributed by atoms with Gasteiger partial charge in [-0.2, -0.15) is 0 Å². The summed E-state index contributed by atoms with van der Waals surface area (Å²) in [4.78, 5) is 45.7. The normalized spacial score (nSPS) is 25.4. The molecular weight excluding hydrogens is 671 g/mol. The van der Waals surface area contributed by atoms with E-state index >= 15 is 0 Å². The van der Waals surface area contributed by atoms with Gasteiger partial charge in [0.2, 0.25) is 5.91 Å². The lowest BCUT2D eigenvalue weighted by molar-refractivity contribution is -0.144. The Morgan fingerprint density at radius 1 is 0.917 bits per heavy atom. The van der Waals surface area contributed by atoms with Crippen molar-refractivity contribution in [3.8, 4) is 0 Å². The average molecular weight is 714 g/mol. The van der Waals surface area contributed by atoms with Crippen LogP contribution in [-0.2, 0) is 20.7 Å². The average Bonchev–Trinajstić information content (AvgIpc) is 3.70. The molecule has 2 aliphatic carbocycles. The van der Waals surface area contributed by atoms with Crippen molar-refractivity contribution < 1.29 is 24.2 Å². The second-order valence-corrected chi connectivity index (χ2v) is 15.5. The van der Waals surface area contributed by atoms with Crippen molar-refractivity contribution >= 4 is 68.1 Å². The molecule has 1 aromatic heterocycles. The molecule has 9 nitrogen and oxygen atoms in total. The second kappa shape index (κ2) is 14.6. The minimum absolute atomic E-state index is 0.0155. The van der Waals surface area contributed by atoms with Gasteiger partial charge in [0.1, 0.15) is 0 Å². The molecule has 256 valence electrons. The van der Waals surface area contributed by atoms with Gasteiger partial charge in [-0.3, -0.25) is 24.2 Å². The zero-order valence-corrected chi connectivity index (χ0v) is 29.2. The number of carbonyl (C=O) groups excluding carboxylic acids is 2. The van der Waals surface area contributed by atoms with Crippen molar-refractivity contribution in [2.24, 2.45) is 5.92 Å². The van der Waals surface area contributed by atoms with Gasteiger partial charge in [0.05, 0.1) is 47.4 Å². The van der Waals surface area contributed by atoms with Crippen LogP contribution < -0.4 is 5.32 Å². The smallest absolute Gasteiger partial charge is 0.306 e. The lowest BCUT2D eigenvalue weighted by Crippen LogP contribution is -2.51. The Balaban J connectivity index is 1.01. The van der Waals surface area contributed by atoms with Gasteiger partial charge in [-0.05, 0) is 68.7 Å². The molecule has 2 saturated heterocycles. The molecule has 2 amide bonds. The van der Waals surface area contributed by atoms with Crippen LogP contribution in [0, 0.1) is 5.92 Å². The quantitative estimate of drug-likeness (QED) is 0.251. The van der Waals surface area contributed by atoms with E-state index in [9.17, 15) is 19.5 Å². The number of nitrogens with one attached hydrogen (secondary N) is 1. The van der Waals surface area contributed by atoms with E-state index in [0.29, 0.717) is 52.9 Å². The SMILES string of the molecule is O=C(Nc1cc(Cl)c(CC(=O)N2C[C@@H](N3CCN(C4CC4)CC3)C[C@H]2COC2CCC(C(=O)O)CC2)cc1Cl)c1csc2ccccc12. The van der Waals surface area contributed by atoms with Crippen molar-refractivity contribution in [1.29, 1.82) is 0 Å². The Hall–Kier alpha value is -2.73. The predicted octanol–water partition coefficient (Wildman–Crippen LogP) is 6.41. The lowest BCUT2D eigenvalue weighted by atomic mass is 9.87. The van der Waals surface area contributed by atoms with Crippen molar-refractivity contribution in [2.45, 2.75) is 75.6 Å². The molecule has 2 aliphatic heterocycles. The Labute approximate surface area is 295 Å². The van der Waals surface area contributed by atoms with Crippen molar-refractivity contribution in [3.63, 3.8) is 0 Å². The first-order valence-electron chi connectivity index (χ1n) is 17.1. The standard InChI is InChI=1S/C36H42Cl2N4O5S/c37-30-18-32(39-35(44)29-21-48-33-4-2-1-3-28(29)33)31(38)15-23(30)16-34(43)42-19-25(41-13-11-40(12-14-41)24-7-8-24)17-26(42)20-47-27-9-5-22(6-10-27)36(45)46/h1-4,15,18,21-22,24-27H,5-14,16-17,19-20H2,(H,39,44)(H,45,46)/t22?,25-,26-,27?/m0/s1. The van der Waals surface area contributed by atoms with E-state index in [4.69, 9.17) is 27.9 Å². The van der Waals surface area contributed by atoms with Crippen LogP contribution in [0.2, 0.25) is 10.0 Å². The molecule has 0 spiro atoms. The first-order valence-corrected chi connectivity index (χ1v) is 18.7. The monoisotopic (exact) mass is 712 g/mol. The van der Waals surface area contributed by atoms with Crippen molar-refractivity contribution in [3.05, 3.63) is 63.0 Å². The largest absolute Gasteiger partial charge is 0.481 e. The fourth-order valence-corrected chi connectivity index (χ4v) is 9.08. The number of nitrogens with zero attached hydrogens (tertiary/aromatic N) is 3. The first-order chi connectivity index (χ1) is 23.2. The number of rotatable bonds is 10. The summed E-state index contributed by atoms with van der Waals surface area (Å²) < 4.78 is 7.40. The van der Waals surface area contributed by atoms with Crippen LogP contribution >= 0.6 is 34.5 Å². The zero-order chi connectivity index (χ0) is 33.4. The number of thiophene rings is 1. The second-order valence-electron chi connectivity index (χ2n) is 13.7. The first kappa shape index (κ1) is 33.8. The molecule has 4 fully saturated rings. The molecule has 0 radical (unpaired) electrons. The summed E-state index contributed by atoms with van der Waals surface area (Å²) in [6, 6.07) is 12.0. The number of carboxylic acids is 1. The number of hydrogen-bond acceptors (Lipinski definition) is 7. The number of likely N-dealkylation sites (tertiary alicyclic amines) is 1. The Bertz CT molecular complexity index is 1660. The number of hydrogen-bond donors (Lipinski definition) is 2. The number of carboxylic acid groups (broad SMARTS) is 1. The molecule has 48 heavy (non-hydrogen) atoms. The van der Waals surface area contributed by atoms with E-state index in [2.05, 4.69) is 15.1 Å². The topological polar surface area (TPSA) is 102 Å². The van der Waals surface area contributed by atoms with Crippen LogP contribution in [0.1, 0.15) is 60.9 Å². The van der Waals surface area contributed by atoms with Gasteiger partial charge < -0.3 is 20.1 Å². The van der Waals surface area contributed by atoms with Gasteiger partial charge in [-0.15, -0.1) is 11.3 Å². The maximum absolute atomic E-state index is 14.0. The van der Waals surface area contributed by atoms with E-state index in [-0.39, 0.29) is 42.3 Å². The number of amides is 2. The minimum atomic E-state index is -0.726. The van der Waals surface area contributed by atoms with Gasteiger partial charge in [0, 0.05) is 65.3 Å². The molecule has 12 heteroatoms. The number of halogens is 2. The highest BCUT2D eigenvalue weighted by Gasteiger charge is 2.41. The number of benzene rings is 2. The van der Waals surface area contributed by atoms with Crippen molar-refractivity contribution in [2.75, 3.05) is 44.6 Å². The lowest BCUT2D eigenvalue weighted by Gasteiger charge is -2.38. The molecule has 2 aromatic carbocycles. The summed E-state index contributed by atoms with van der Waals surface area (Å²) in [6.45, 7) is 5.22. The summed E-state index contributed by atoms with van der Waals surface area (Å²) in [5, 5.41) is 15.7. The molecule has 7 rings (SSSR count). The van der Waals surface area contributed by atoms with Gasteiger partial charge in [0.25, 0.3) is 5.91 Å². The van der Waals surface area contributed by atoms with Crippen LogP contribution in [0.25, 0.3) is 10.1 Å². The highest BCUT2D eigenvalue weighted by molar-refractivity contribution is 7.17. The summed E-state index contributed by atoms with van der Waals surface area (Å²) in [6.07, 6.45) is 6.27. The number of carbonyl (C=O) groups is 3. The van der Waals surface area contributed by atoms with E-state index < -0.39 is 5.97 Å². The number of piperazine rings is 1. The molecule has 2 N–H and O–H groups in total. The summed E-state index contributed by atoms with van der Waals surface area (Å²) in [7, 11) is 0. The fourth-order valence-electron chi connectivity index (χ4n) is 7.68. The Morgan fingerprint density at radius 3 is 2.33 bits per heavy atom. The highest BCUT2D eigenvalue weighted by Crippen LogP contribution is 2.34. The number of aliphatic carboxylic acids is 1. The minimum Gasteiger partial charge on any atom is -0.481 e. The molecule has 3 aromatic rings. The van der Waals surface area contributed by atoms with E-state index in [1.165, 1.54) is 24.2 Å². The molecule has 3 heterocycles. The summed E-state index contributed by atoms with van der Waals surface area (Å²) >= 11 is 14.9. The van der Waals surface area contributed by atoms with Crippen LogP contribution in [0.5, 0.6) is 0 Å². The van der Waals surface area contributed by atoms with Gasteiger partial charge in [0.15, 0.2) is 0 Å². The Morgan fingerprint density at radius 2 is 1.62 bits per heavy atom. The van der Waals surface area contributed by atoms with E-state index in [0.717, 1.165) is 61.6 Å². The highest BCUT2D eigenvalue weighted by atomic mass is 35.5. The predicted molar refractivity (Wildman–Crippen MR) is 189 cm³/mol. The van der Waals surface area contributed by atoms with Crippen molar-refractivity contribution in [1.82, 2.24) is 14.7 Å². The maximum Gasteiger partial charge on any atom is 0.306 e. The molecule has 2 saturated carbocycles. The van der Waals surface area contributed by atoms with Crippen LogP contribution in [0.15, 0.2) is 41.8 Å². The van der Waals surface area contributed by atoms with E-state index in [1.54, 1.807) is 12.1 Å². The third-order valence-electron chi connectivity index (χ3n) is 10.6. The zero-order valence-electron chi connectivity index (χ0n) is 26.9. The van der Waals surface area contributed by atoms with E-state index in [1.807, 2.05) is 34.5 Å². The number of ether oxygens (including phenoxy) is 1. The third-order valence-corrected chi connectivity index (χ3v) is 12.3. The molecule has 2 atom stereocenters. The fraction of sp³-hybridized carbons (Fsp3) is 0.528.